The molecule has 0 radical (unpaired) electrons. The molecule has 0 aromatic carbocycles. The van der Waals surface area contributed by atoms with E-state index in [2.05, 4.69) is 64.1 Å². The number of hydrogen-bond acceptors (Lipinski definition) is 2. The molecule has 0 atom stereocenters. The molecule has 98 valence electrons. The van der Waals surface area contributed by atoms with E-state index in [4.69, 9.17) is 0 Å². The fourth-order valence-electron chi connectivity index (χ4n) is 2.30. The minimum absolute atomic E-state index is 0.925. The molecule has 0 unspecified atom stereocenters. The van der Waals surface area contributed by atoms with Crippen molar-refractivity contribution >= 4 is 27.3 Å². The van der Waals surface area contributed by atoms with Crippen LogP contribution in [0, 0.1) is 13.8 Å². The van der Waals surface area contributed by atoms with Crippen molar-refractivity contribution in [1.82, 2.24) is 9.88 Å². The molecule has 2 aromatic rings. The Hall–Kier alpha value is -0.580. The lowest BCUT2D eigenvalue weighted by atomic mass is 10.2. The van der Waals surface area contributed by atoms with Crippen molar-refractivity contribution in [1.29, 1.82) is 0 Å². The number of thiophene rings is 1. The van der Waals surface area contributed by atoms with Gasteiger partial charge in [-0.2, -0.15) is 0 Å². The average molecular weight is 327 g/mol. The van der Waals surface area contributed by atoms with Crippen molar-refractivity contribution < 1.29 is 0 Å². The minimum Gasteiger partial charge on any atom is -0.349 e. The predicted octanol–water partition coefficient (Wildman–Crippen LogP) is 4.24. The van der Waals surface area contributed by atoms with Gasteiger partial charge in [0.15, 0.2) is 0 Å². The summed E-state index contributed by atoms with van der Waals surface area (Å²) in [6.45, 7) is 9.48. The summed E-state index contributed by atoms with van der Waals surface area (Å²) in [5.41, 5.74) is 4.14. The summed E-state index contributed by atoms with van der Waals surface area (Å²) in [5.74, 6) is 0. The Balaban J connectivity index is 1.97. The smallest absolute Gasteiger partial charge is 0.0327 e. The summed E-state index contributed by atoms with van der Waals surface area (Å²) in [5, 5.41) is 5.63. The van der Waals surface area contributed by atoms with Gasteiger partial charge in [-0.05, 0) is 59.8 Å². The topological polar surface area (TPSA) is 17.0 Å². The van der Waals surface area contributed by atoms with Crippen molar-refractivity contribution in [2.24, 2.45) is 0 Å². The first-order valence-electron chi connectivity index (χ1n) is 6.21. The number of hydrogen-bond donors (Lipinski definition) is 1. The number of aryl methyl sites for hydroxylation is 1. The lowest BCUT2D eigenvalue weighted by molar-refractivity contribution is 0.679. The molecule has 2 heterocycles. The van der Waals surface area contributed by atoms with Crippen molar-refractivity contribution in [3.8, 4) is 0 Å². The molecule has 18 heavy (non-hydrogen) atoms. The lowest BCUT2D eigenvalue weighted by Crippen LogP contribution is -2.12. The van der Waals surface area contributed by atoms with Crippen molar-refractivity contribution in [3.63, 3.8) is 0 Å². The summed E-state index contributed by atoms with van der Waals surface area (Å²) in [6, 6.07) is 4.39. The van der Waals surface area contributed by atoms with Crippen molar-refractivity contribution in [2.75, 3.05) is 0 Å². The molecule has 0 saturated carbocycles. The molecule has 0 saturated heterocycles. The molecule has 1 N–H and O–H groups in total. The van der Waals surface area contributed by atoms with Gasteiger partial charge in [-0.1, -0.05) is 0 Å². The molecule has 0 bridgehead atoms. The molecular weight excluding hydrogens is 308 g/mol. The zero-order chi connectivity index (χ0) is 13.1. The van der Waals surface area contributed by atoms with Crippen LogP contribution in [0.1, 0.15) is 28.8 Å². The molecule has 2 aromatic heterocycles. The average Bonchev–Trinajstić information content (AvgIpc) is 2.85. The third-order valence-corrected chi connectivity index (χ3v) is 5.21. The summed E-state index contributed by atoms with van der Waals surface area (Å²) in [7, 11) is 0. The molecule has 2 nitrogen and oxygen atoms in total. The maximum absolute atomic E-state index is 3.56. The van der Waals surface area contributed by atoms with Gasteiger partial charge in [-0.3, -0.25) is 0 Å². The van der Waals surface area contributed by atoms with Crippen LogP contribution >= 0.6 is 27.3 Å². The highest BCUT2D eigenvalue weighted by Crippen LogP contribution is 2.22. The highest BCUT2D eigenvalue weighted by Gasteiger charge is 2.07. The van der Waals surface area contributed by atoms with Crippen LogP contribution in [0.25, 0.3) is 0 Å². The van der Waals surface area contributed by atoms with E-state index in [1.54, 1.807) is 11.3 Å². The molecule has 2 rings (SSSR count). The van der Waals surface area contributed by atoms with E-state index in [1.807, 2.05) is 0 Å². The van der Waals surface area contributed by atoms with Crippen LogP contribution in [0.15, 0.2) is 22.0 Å². The van der Waals surface area contributed by atoms with Gasteiger partial charge in [0.1, 0.15) is 0 Å². The third-order valence-electron chi connectivity index (χ3n) is 3.29. The Bertz CT molecular complexity index is 528. The summed E-state index contributed by atoms with van der Waals surface area (Å²) >= 11 is 5.35. The van der Waals surface area contributed by atoms with Crippen LogP contribution in [0.4, 0.5) is 0 Å². The van der Waals surface area contributed by atoms with Crippen LogP contribution in [0.5, 0.6) is 0 Å². The first-order chi connectivity index (χ1) is 8.63. The van der Waals surface area contributed by atoms with E-state index < -0.39 is 0 Å². The summed E-state index contributed by atoms with van der Waals surface area (Å²) < 4.78 is 3.57. The van der Waals surface area contributed by atoms with Gasteiger partial charge in [-0.15, -0.1) is 11.3 Å². The molecule has 0 aliphatic carbocycles. The predicted molar refractivity (Wildman–Crippen MR) is 82.1 cm³/mol. The van der Waals surface area contributed by atoms with Gasteiger partial charge in [0.05, 0.1) is 0 Å². The second kappa shape index (κ2) is 6.04. The normalized spacial score (nSPS) is 11.1. The second-order valence-electron chi connectivity index (χ2n) is 4.44. The molecule has 0 fully saturated rings. The van der Waals surface area contributed by atoms with E-state index in [1.165, 1.54) is 26.3 Å². The van der Waals surface area contributed by atoms with Gasteiger partial charge >= 0.3 is 0 Å². The van der Waals surface area contributed by atoms with E-state index >= 15 is 0 Å². The Morgan fingerprint density at radius 2 is 2.11 bits per heavy atom. The maximum Gasteiger partial charge on any atom is 0.0327 e. The highest BCUT2D eigenvalue weighted by atomic mass is 79.9. The monoisotopic (exact) mass is 326 g/mol. The van der Waals surface area contributed by atoms with Gasteiger partial charge < -0.3 is 9.88 Å². The SMILES string of the molecule is CCn1c(C)cc(CNCc2sccc2Br)c1C. The number of nitrogens with zero attached hydrogens (tertiary/aromatic N) is 1. The van der Waals surface area contributed by atoms with E-state index in [0.29, 0.717) is 0 Å². The lowest BCUT2D eigenvalue weighted by Gasteiger charge is -2.07. The van der Waals surface area contributed by atoms with Crippen molar-refractivity contribution in [3.05, 3.63) is 43.8 Å². The van der Waals surface area contributed by atoms with Crippen LogP contribution in [0.3, 0.4) is 0 Å². The number of nitrogens with one attached hydrogen (secondary N) is 1. The van der Waals surface area contributed by atoms with E-state index in [0.717, 1.165) is 19.6 Å². The standard InChI is InChI=1S/C14H19BrN2S/c1-4-17-10(2)7-12(11(17)3)8-16-9-14-13(15)5-6-18-14/h5-7,16H,4,8-9H2,1-3H3. The zero-order valence-electron chi connectivity index (χ0n) is 11.1. The van der Waals surface area contributed by atoms with Crippen LogP contribution < -0.4 is 5.32 Å². The minimum atomic E-state index is 0.925. The Labute approximate surface area is 121 Å². The quantitative estimate of drug-likeness (QED) is 0.869. The molecular formula is C14H19BrN2S. The molecule has 0 aliphatic rings. The van der Waals surface area contributed by atoms with Crippen molar-refractivity contribution in [2.45, 2.75) is 40.4 Å². The van der Waals surface area contributed by atoms with E-state index in [-0.39, 0.29) is 0 Å². The largest absolute Gasteiger partial charge is 0.349 e. The Morgan fingerprint density at radius 1 is 1.33 bits per heavy atom. The van der Waals surface area contributed by atoms with Gasteiger partial charge in [0.2, 0.25) is 0 Å². The van der Waals surface area contributed by atoms with Gasteiger partial charge in [0.25, 0.3) is 0 Å². The Kier molecular flexibility index (Phi) is 4.65. The number of rotatable bonds is 5. The fourth-order valence-corrected chi connectivity index (χ4v) is 3.76. The maximum atomic E-state index is 3.56. The first kappa shape index (κ1) is 13.8. The third kappa shape index (κ3) is 2.87. The van der Waals surface area contributed by atoms with Gasteiger partial charge in [-0.25, -0.2) is 0 Å². The summed E-state index contributed by atoms with van der Waals surface area (Å²) in [6.07, 6.45) is 0. The Morgan fingerprint density at radius 3 is 2.67 bits per heavy atom. The fraction of sp³-hybridized carbons (Fsp3) is 0.429. The van der Waals surface area contributed by atoms with E-state index in [9.17, 15) is 0 Å². The number of aromatic nitrogens is 1. The molecule has 4 heteroatoms. The first-order valence-corrected chi connectivity index (χ1v) is 7.89. The molecule has 0 aliphatic heterocycles. The van der Waals surface area contributed by atoms with Gasteiger partial charge in [0, 0.05) is 40.4 Å². The van der Waals surface area contributed by atoms with Crippen LogP contribution in [-0.4, -0.2) is 4.57 Å². The summed E-state index contributed by atoms with van der Waals surface area (Å²) in [4.78, 5) is 1.36. The zero-order valence-corrected chi connectivity index (χ0v) is 13.5. The molecule has 0 spiro atoms. The number of halogens is 1. The van der Waals surface area contributed by atoms with Crippen LogP contribution in [-0.2, 0) is 19.6 Å². The molecule has 0 amide bonds. The highest BCUT2D eigenvalue weighted by molar-refractivity contribution is 9.10. The second-order valence-corrected chi connectivity index (χ2v) is 6.29. The van der Waals surface area contributed by atoms with Crippen LogP contribution in [0.2, 0.25) is 0 Å².